The molecular formula is C23H35N5O8. The predicted octanol–water partition coefficient (Wildman–Crippen LogP) is -1.90. The van der Waals surface area contributed by atoms with Crippen molar-refractivity contribution in [1.82, 2.24) is 16.0 Å². The van der Waals surface area contributed by atoms with Crippen molar-refractivity contribution in [3.63, 3.8) is 0 Å². The molecule has 1 aromatic rings. The predicted molar refractivity (Wildman–Crippen MR) is 128 cm³/mol. The molecule has 0 aliphatic rings. The van der Waals surface area contributed by atoms with E-state index in [9.17, 15) is 39.3 Å². The standard InChI is InChI=1S/C23H35N5O8/c1-4-11(2)18(25)21(33)28-19(12(3)29)22(34)26-15(10-17(24)31)20(32)27-16(23(35)36)9-13-5-7-14(30)8-6-13/h5-8,11-12,15-16,18-19,29-30H,4,9-10,25H2,1-3H3,(H2,24,31)(H,26,34)(H,27,32)(H,28,33)(H,35,36). The lowest BCUT2D eigenvalue weighted by Crippen LogP contribution is -2.60. The number of nitrogens with two attached hydrogens (primary N) is 2. The van der Waals surface area contributed by atoms with E-state index in [1.807, 2.05) is 6.92 Å². The molecule has 0 aliphatic carbocycles. The zero-order valence-electron chi connectivity index (χ0n) is 20.4. The molecule has 4 amide bonds. The normalized spacial score (nSPS) is 15.9. The number of nitrogens with one attached hydrogen (secondary N) is 3. The molecule has 0 fully saturated rings. The first-order chi connectivity index (χ1) is 16.8. The van der Waals surface area contributed by atoms with Gasteiger partial charge >= 0.3 is 5.97 Å². The Kier molecular flexibility index (Phi) is 11.8. The molecule has 13 heteroatoms. The van der Waals surface area contributed by atoms with Gasteiger partial charge in [0.25, 0.3) is 0 Å². The Bertz CT molecular complexity index is 937. The van der Waals surface area contributed by atoms with Gasteiger partial charge in [0, 0.05) is 6.42 Å². The highest BCUT2D eigenvalue weighted by Gasteiger charge is 2.33. The second-order valence-corrected chi connectivity index (χ2v) is 8.64. The highest BCUT2D eigenvalue weighted by Crippen LogP contribution is 2.12. The first-order valence-corrected chi connectivity index (χ1v) is 11.4. The van der Waals surface area contributed by atoms with Crippen molar-refractivity contribution in [2.24, 2.45) is 17.4 Å². The molecule has 0 aromatic heterocycles. The van der Waals surface area contributed by atoms with Gasteiger partial charge in [0.2, 0.25) is 23.6 Å². The number of hydrogen-bond acceptors (Lipinski definition) is 8. The van der Waals surface area contributed by atoms with Crippen LogP contribution in [0.4, 0.5) is 0 Å². The molecule has 10 N–H and O–H groups in total. The van der Waals surface area contributed by atoms with Gasteiger partial charge in [-0.25, -0.2) is 4.79 Å². The number of aliphatic carboxylic acids is 1. The number of benzene rings is 1. The summed E-state index contributed by atoms with van der Waals surface area (Å²) in [6, 6.07) is 0.162. The third-order valence-electron chi connectivity index (χ3n) is 5.65. The molecule has 0 spiro atoms. The summed E-state index contributed by atoms with van der Waals surface area (Å²) in [6.07, 6.45) is -1.62. The van der Waals surface area contributed by atoms with E-state index in [4.69, 9.17) is 11.5 Å². The number of rotatable bonds is 14. The first-order valence-electron chi connectivity index (χ1n) is 11.4. The minimum Gasteiger partial charge on any atom is -0.508 e. The van der Waals surface area contributed by atoms with E-state index in [1.165, 1.54) is 31.2 Å². The summed E-state index contributed by atoms with van der Waals surface area (Å²) in [4.78, 5) is 61.3. The number of aliphatic hydroxyl groups is 1. The summed E-state index contributed by atoms with van der Waals surface area (Å²) in [6.45, 7) is 4.81. The Labute approximate surface area is 208 Å². The van der Waals surface area contributed by atoms with Crippen LogP contribution in [0.2, 0.25) is 0 Å². The van der Waals surface area contributed by atoms with E-state index < -0.39 is 66.3 Å². The van der Waals surface area contributed by atoms with Crippen LogP contribution in [0, 0.1) is 5.92 Å². The van der Waals surface area contributed by atoms with E-state index in [1.54, 1.807) is 6.92 Å². The molecule has 1 rings (SSSR count). The third-order valence-corrected chi connectivity index (χ3v) is 5.65. The SMILES string of the molecule is CCC(C)C(N)C(=O)NC(C(=O)NC(CC(N)=O)C(=O)NC(Cc1ccc(O)cc1)C(=O)O)C(C)O. The molecule has 0 heterocycles. The second-order valence-electron chi connectivity index (χ2n) is 8.64. The van der Waals surface area contributed by atoms with Crippen molar-refractivity contribution in [2.75, 3.05) is 0 Å². The van der Waals surface area contributed by atoms with Gasteiger partial charge in [-0.05, 0) is 30.5 Å². The van der Waals surface area contributed by atoms with Crippen LogP contribution < -0.4 is 27.4 Å². The molecular weight excluding hydrogens is 474 g/mol. The van der Waals surface area contributed by atoms with Crippen LogP contribution in [-0.2, 0) is 30.4 Å². The lowest BCUT2D eigenvalue weighted by Gasteiger charge is -2.27. The molecule has 0 bridgehead atoms. The number of primary amides is 1. The van der Waals surface area contributed by atoms with Gasteiger partial charge in [-0.1, -0.05) is 32.4 Å². The number of hydrogen-bond donors (Lipinski definition) is 8. The molecule has 0 saturated heterocycles. The maximum Gasteiger partial charge on any atom is 0.326 e. The molecule has 0 radical (unpaired) electrons. The second kappa shape index (κ2) is 14.0. The number of carbonyl (C=O) groups excluding carboxylic acids is 4. The van der Waals surface area contributed by atoms with Gasteiger partial charge in [0.05, 0.1) is 18.6 Å². The lowest BCUT2D eigenvalue weighted by molar-refractivity contribution is -0.142. The highest BCUT2D eigenvalue weighted by molar-refractivity contribution is 5.96. The Morgan fingerprint density at radius 3 is 1.94 bits per heavy atom. The van der Waals surface area contributed by atoms with Gasteiger partial charge in [0.15, 0.2) is 0 Å². The Hall–Kier alpha value is -3.71. The smallest absolute Gasteiger partial charge is 0.326 e. The number of aliphatic hydroxyl groups excluding tert-OH is 1. The van der Waals surface area contributed by atoms with Crippen LogP contribution >= 0.6 is 0 Å². The molecule has 13 nitrogen and oxygen atoms in total. The maximum atomic E-state index is 12.8. The number of phenols is 1. The van der Waals surface area contributed by atoms with Gasteiger partial charge in [-0.15, -0.1) is 0 Å². The number of aromatic hydroxyl groups is 1. The number of carboxylic acid groups (broad SMARTS) is 1. The maximum absolute atomic E-state index is 12.8. The molecule has 200 valence electrons. The van der Waals surface area contributed by atoms with Crippen LogP contribution in [0.3, 0.4) is 0 Å². The van der Waals surface area contributed by atoms with E-state index >= 15 is 0 Å². The van der Waals surface area contributed by atoms with Crippen molar-refractivity contribution in [3.8, 4) is 5.75 Å². The molecule has 0 saturated carbocycles. The molecule has 0 aliphatic heterocycles. The fraction of sp³-hybridized carbons (Fsp3) is 0.522. The van der Waals surface area contributed by atoms with E-state index in [2.05, 4.69) is 16.0 Å². The van der Waals surface area contributed by atoms with Crippen molar-refractivity contribution in [2.45, 2.75) is 70.3 Å². The summed E-state index contributed by atoms with van der Waals surface area (Å²) < 4.78 is 0. The van der Waals surface area contributed by atoms with Gasteiger partial charge in [-0.2, -0.15) is 0 Å². The zero-order valence-corrected chi connectivity index (χ0v) is 20.4. The minimum atomic E-state index is -1.59. The molecule has 6 atom stereocenters. The summed E-state index contributed by atoms with van der Waals surface area (Å²) >= 11 is 0. The van der Waals surface area contributed by atoms with E-state index in [-0.39, 0.29) is 18.1 Å². The topological polar surface area (TPSA) is 234 Å². The Balaban J connectivity index is 3.01. The number of phenolic OH excluding ortho intramolecular Hbond substituents is 1. The monoisotopic (exact) mass is 509 g/mol. The fourth-order valence-electron chi connectivity index (χ4n) is 3.18. The van der Waals surface area contributed by atoms with Crippen molar-refractivity contribution in [3.05, 3.63) is 29.8 Å². The van der Waals surface area contributed by atoms with E-state index in [0.29, 0.717) is 12.0 Å². The number of amides is 4. The fourth-order valence-corrected chi connectivity index (χ4v) is 3.18. The first kappa shape index (κ1) is 30.3. The number of carboxylic acids is 1. The van der Waals surface area contributed by atoms with Gasteiger partial charge in [-0.3, -0.25) is 19.2 Å². The Morgan fingerprint density at radius 2 is 1.47 bits per heavy atom. The van der Waals surface area contributed by atoms with Crippen LogP contribution in [-0.4, -0.2) is 75.2 Å². The number of carbonyl (C=O) groups is 5. The van der Waals surface area contributed by atoms with Crippen LogP contribution in [0.15, 0.2) is 24.3 Å². The Morgan fingerprint density at radius 1 is 0.917 bits per heavy atom. The largest absolute Gasteiger partial charge is 0.508 e. The third kappa shape index (κ3) is 9.50. The average molecular weight is 510 g/mol. The van der Waals surface area contributed by atoms with Crippen LogP contribution in [0.1, 0.15) is 39.2 Å². The zero-order chi connectivity index (χ0) is 27.6. The lowest BCUT2D eigenvalue weighted by atomic mass is 9.98. The summed E-state index contributed by atoms with van der Waals surface area (Å²) in [5, 5.41) is 35.8. The quantitative estimate of drug-likeness (QED) is 0.140. The van der Waals surface area contributed by atoms with Crippen molar-refractivity contribution >= 4 is 29.6 Å². The molecule has 6 unspecified atom stereocenters. The van der Waals surface area contributed by atoms with Gasteiger partial charge < -0.3 is 42.7 Å². The average Bonchev–Trinajstić information content (AvgIpc) is 2.80. The van der Waals surface area contributed by atoms with Crippen molar-refractivity contribution < 1.29 is 39.3 Å². The minimum absolute atomic E-state index is 0.0243. The highest BCUT2D eigenvalue weighted by atomic mass is 16.4. The van der Waals surface area contributed by atoms with Crippen LogP contribution in [0.25, 0.3) is 0 Å². The van der Waals surface area contributed by atoms with Crippen LogP contribution in [0.5, 0.6) is 5.75 Å². The van der Waals surface area contributed by atoms with Gasteiger partial charge in [0.1, 0.15) is 23.9 Å². The summed E-state index contributed by atoms with van der Waals surface area (Å²) in [7, 11) is 0. The van der Waals surface area contributed by atoms with E-state index in [0.717, 1.165) is 0 Å². The van der Waals surface area contributed by atoms with Crippen molar-refractivity contribution in [1.29, 1.82) is 0 Å². The molecule has 1 aromatic carbocycles. The summed E-state index contributed by atoms with van der Waals surface area (Å²) in [5.74, 6) is -5.28. The summed E-state index contributed by atoms with van der Waals surface area (Å²) in [5.41, 5.74) is 11.6. The molecule has 36 heavy (non-hydrogen) atoms.